The van der Waals surface area contributed by atoms with Crippen LogP contribution in [0.4, 0.5) is 0 Å². The number of nitrogens with zero attached hydrogens (tertiary/aromatic N) is 4. The van der Waals surface area contributed by atoms with Crippen LogP contribution in [-0.2, 0) is 24.1 Å². The minimum atomic E-state index is 0.105. The Labute approximate surface area is 156 Å². The Kier molecular flexibility index (Phi) is 5.60. The average molecular weight is 361 g/mol. The van der Waals surface area contributed by atoms with Crippen LogP contribution >= 0.6 is 0 Å². The molecular weight excluding hydrogens is 328 g/mol. The van der Waals surface area contributed by atoms with Crippen LogP contribution in [0.1, 0.15) is 60.8 Å². The van der Waals surface area contributed by atoms with Gasteiger partial charge in [0.15, 0.2) is 5.69 Å². The van der Waals surface area contributed by atoms with Gasteiger partial charge in [0.25, 0.3) is 5.91 Å². The number of rotatable bonds is 3. The van der Waals surface area contributed by atoms with Gasteiger partial charge >= 0.3 is 0 Å². The zero-order chi connectivity index (χ0) is 17.9. The van der Waals surface area contributed by atoms with Crippen LogP contribution in [0.5, 0.6) is 0 Å². The van der Waals surface area contributed by atoms with E-state index in [0.717, 1.165) is 19.4 Å². The van der Waals surface area contributed by atoms with Crippen molar-refractivity contribution < 1.29 is 9.53 Å². The molecule has 1 atom stereocenters. The molecule has 4 rings (SSSR count). The third-order valence-electron chi connectivity index (χ3n) is 6.28. The predicted octanol–water partition coefficient (Wildman–Crippen LogP) is 2.11. The van der Waals surface area contributed by atoms with Gasteiger partial charge in [0.1, 0.15) is 0 Å². The number of carbonyl (C=O) groups is 1. The van der Waals surface area contributed by atoms with Crippen molar-refractivity contribution in [1.82, 2.24) is 19.6 Å². The number of aryl methyl sites for hydroxylation is 1. The summed E-state index contributed by atoms with van der Waals surface area (Å²) in [6, 6.07) is 0.575. The number of carbonyl (C=O) groups excluding carboxylic acids is 1. The highest BCUT2D eigenvalue weighted by atomic mass is 16.5. The first-order valence-corrected chi connectivity index (χ1v) is 10.5. The lowest BCUT2D eigenvalue weighted by Crippen LogP contribution is -2.42. The average Bonchev–Trinajstić information content (AvgIpc) is 2.86. The highest BCUT2D eigenvalue weighted by Gasteiger charge is 2.33. The minimum Gasteiger partial charge on any atom is -0.378 e. The molecule has 0 spiro atoms. The fourth-order valence-electron chi connectivity index (χ4n) is 4.79. The summed E-state index contributed by atoms with van der Waals surface area (Å²) < 4.78 is 7.48. The topological polar surface area (TPSA) is 50.6 Å². The van der Waals surface area contributed by atoms with Crippen LogP contribution in [0.15, 0.2) is 0 Å². The third-order valence-corrected chi connectivity index (χ3v) is 6.28. The predicted molar refractivity (Wildman–Crippen MR) is 100 cm³/mol. The fourth-order valence-corrected chi connectivity index (χ4v) is 4.79. The second kappa shape index (κ2) is 8.09. The normalized spacial score (nSPS) is 25.0. The Bertz CT molecular complexity index is 628. The maximum absolute atomic E-state index is 13.1. The lowest BCUT2D eigenvalue weighted by atomic mass is 9.89. The van der Waals surface area contributed by atoms with Gasteiger partial charge in [0, 0.05) is 36.9 Å². The Hall–Kier alpha value is -1.40. The Balaban J connectivity index is 1.57. The van der Waals surface area contributed by atoms with Gasteiger partial charge < -0.3 is 14.5 Å². The molecule has 1 aromatic rings. The molecule has 2 fully saturated rings. The summed E-state index contributed by atoms with van der Waals surface area (Å²) in [6.45, 7) is 8.04. The Morgan fingerprint density at radius 3 is 2.54 bits per heavy atom. The first-order valence-electron chi connectivity index (χ1n) is 10.5. The van der Waals surface area contributed by atoms with Crippen molar-refractivity contribution in [2.75, 3.05) is 39.4 Å². The summed E-state index contributed by atoms with van der Waals surface area (Å²) in [5.74, 6) is 0.105. The lowest BCUT2D eigenvalue weighted by molar-refractivity contribution is 0.0297. The first-order chi connectivity index (χ1) is 12.8. The van der Waals surface area contributed by atoms with Crippen LogP contribution in [0, 0.1) is 0 Å². The van der Waals surface area contributed by atoms with Gasteiger partial charge in [-0.15, -0.1) is 0 Å². The summed E-state index contributed by atoms with van der Waals surface area (Å²) in [7, 11) is 0. The molecule has 2 aliphatic heterocycles. The third kappa shape index (κ3) is 3.54. The molecule has 0 aromatic carbocycles. The summed E-state index contributed by atoms with van der Waals surface area (Å²) in [5.41, 5.74) is 3.24. The van der Waals surface area contributed by atoms with Crippen molar-refractivity contribution in [1.29, 1.82) is 0 Å². The smallest absolute Gasteiger partial charge is 0.274 e. The number of morpholine rings is 1. The van der Waals surface area contributed by atoms with Gasteiger partial charge in [-0.1, -0.05) is 12.8 Å². The maximum atomic E-state index is 13.1. The Morgan fingerprint density at radius 1 is 1.12 bits per heavy atom. The zero-order valence-corrected chi connectivity index (χ0v) is 16.1. The molecule has 1 amide bonds. The lowest BCUT2D eigenvalue weighted by Gasteiger charge is -2.34. The highest BCUT2D eigenvalue weighted by molar-refractivity contribution is 5.94. The molecule has 26 heavy (non-hydrogen) atoms. The first kappa shape index (κ1) is 18.0. The van der Waals surface area contributed by atoms with Crippen LogP contribution in [0.25, 0.3) is 0 Å². The highest BCUT2D eigenvalue weighted by Crippen LogP contribution is 2.29. The number of amides is 1. The number of aromatic nitrogens is 2. The standard InChI is InChI=1S/C20H32N4O2/c1-2-24-18-8-7-16(22-9-5-3-4-6-10-22)15-17(18)19(21-24)20(25)23-11-13-26-14-12-23/h16H,2-15H2,1H3. The van der Waals surface area contributed by atoms with Crippen molar-refractivity contribution in [3.63, 3.8) is 0 Å². The molecule has 6 nitrogen and oxygen atoms in total. The van der Waals surface area contributed by atoms with E-state index in [0.29, 0.717) is 38.0 Å². The van der Waals surface area contributed by atoms with Gasteiger partial charge in [-0.3, -0.25) is 9.48 Å². The molecule has 0 bridgehead atoms. The monoisotopic (exact) mass is 360 g/mol. The van der Waals surface area contributed by atoms with Gasteiger partial charge in [0.05, 0.1) is 13.2 Å². The number of hydrogen-bond acceptors (Lipinski definition) is 4. The molecule has 144 valence electrons. The van der Waals surface area contributed by atoms with Gasteiger partial charge in [-0.05, 0) is 52.1 Å². The van der Waals surface area contributed by atoms with E-state index >= 15 is 0 Å². The van der Waals surface area contributed by atoms with Crippen LogP contribution in [-0.4, -0.2) is 70.9 Å². The molecular formula is C20H32N4O2. The Morgan fingerprint density at radius 2 is 1.85 bits per heavy atom. The fraction of sp³-hybridized carbons (Fsp3) is 0.800. The van der Waals surface area contributed by atoms with E-state index in [9.17, 15) is 4.79 Å². The minimum absolute atomic E-state index is 0.105. The van der Waals surface area contributed by atoms with Gasteiger partial charge in [-0.2, -0.15) is 5.10 Å². The molecule has 3 aliphatic rings. The van der Waals surface area contributed by atoms with Crippen molar-refractivity contribution in [2.45, 2.75) is 64.5 Å². The molecule has 1 unspecified atom stereocenters. The second-order valence-corrected chi connectivity index (χ2v) is 7.84. The van der Waals surface area contributed by atoms with E-state index in [1.807, 2.05) is 4.90 Å². The SMILES string of the molecule is CCn1nc(C(=O)N2CCOCC2)c2c1CCC(N1CCCCCC1)C2. The number of hydrogen-bond donors (Lipinski definition) is 0. The largest absolute Gasteiger partial charge is 0.378 e. The number of ether oxygens (including phenoxy) is 1. The number of fused-ring (bicyclic) bond motifs is 1. The van der Waals surface area contributed by atoms with Crippen LogP contribution in [0.2, 0.25) is 0 Å². The van der Waals surface area contributed by atoms with Gasteiger partial charge in [0.2, 0.25) is 0 Å². The molecule has 2 saturated heterocycles. The molecule has 1 aliphatic carbocycles. The van der Waals surface area contributed by atoms with Crippen molar-refractivity contribution in [2.24, 2.45) is 0 Å². The summed E-state index contributed by atoms with van der Waals surface area (Å²) in [6.07, 6.45) is 8.60. The van der Waals surface area contributed by atoms with Crippen molar-refractivity contribution in [3.05, 3.63) is 17.0 Å². The van der Waals surface area contributed by atoms with Crippen molar-refractivity contribution in [3.8, 4) is 0 Å². The molecule has 0 saturated carbocycles. The van der Waals surface area contributed by atoms with Crippen LogP contribution < -0.4 is 0 Å². The van der Waals surface area contributed by atoms with E-state index < -0.39 is 0 Å². The molecule has 3 heterocycles. The van der Waals surface area contributed by atoms with E-state index in [1.54, 1.807) is 0 Å². The van der Waals surface area contributed by atoms with E-state index in [2.05, 4.69) is 16.5 Å². The van der Waals surface area contributed by atoms with Crippen molar-refractivity contribution >= 4 is 5.91 Å². The molecule has 1 aromatic heterocycles. The summed E-state index contributed by atoms with van der Waals surface area (Å²) in [4.78, 5) is 17.7. The van der Waals surface area contributed by atoms with E-state index in [4.69, 9.17) is 9.84 Å². The summed E-state index contributed by atoms with van der Waals surface area (Å²) >= 11 is 0. The maximum Gasteiger partial charge on any atom is 0.274 e. The number of likely N-dealkylation sites (tertiary alicyclic amines) is 1. The quantitative estimate of drug-likeness (QED) is 0.828. The van der Waals surface area contributed by atoms with E-state index in [-0.39, 0.29) is 5.91 Å². The second-order valence-electron chi connectivity index (χ2n) is 7.84. The molecule has 0 N–H and O–H groups in total. The van der Waals surface area contributed by atoms with Crippen LogP contribution in [0.3, 0.4) is 0 Å². The van der Waals surface area contributed by atoms with E-state index in [1.165, 1.54) is 56.5 Å². The molecule has 0 radical (unpaired) electrons. The molecule has 6 heteroatoms. The summed E-state index contributed by atoms with van der Waals surface area (Å²) in [5, 5.41) is 4.75. The zero-order valence-electron chi connectivity index (χ0n) is 16.1. The van der Waals surface area contributed by atoms with Gasteiger partial charge in [-0.25, -0.2) is 0 Å².